The number of ether oxygens (including phenoxy) is 1. The van der Waals surface area contributed by atoms with Crippen molar-refractivity contribution in [3.05, 3.63) is 23.0 Å². The predicted molar refractivity (Wildman–Crippen MR) is 84.7 cm³/mol. The maximum atomic E-state index is 12.0. The summed E-state index contributed by atoms with van der Waals surface area (Å²) in [5.41, 5.74) is 0.415. The fourth-order valence-electron chi connectivity index (χ4n) is 2.28. The van der Waals surface area contributed by atoms with E-state index in [9.17, 15) is 4.79 Å². The Morgan fingerprint density at radius 1 is 1.36 bits per heavy atom. The van der Waals surface area contributed by atoms with Crippen LogP contribution in [0.3, 0.4) is 0 Å². The molecule has 0 saturated carbocycles. The van der Waals surface area contributed by atoms with Gasteiger partial charge in [0.15, 0.2) is 5.15 Å². The quantitative estimate of drug-likeness (QED) is 0.924. The SMILES string of the molecule is CC(C)(C)OC(=O)N1CCC(NCc2ccc(Cl)nn2)CC1. The van der Waals surface area contributed by atoms with E-state index >= 15 is 0 Å². The van der Waals surface area contributed by atoms with Gasteiger partial charge in [-0.3, -0.25) is 0 Å². The highest BCUT2D eigenvalue weighted by Gasteiger charge is 2.26. The second-order valence-electron chi connectivity index (χ2n) is 6.47. The molecule has 7 heteroatoms. The minimum absolute atomic E-state index is 0.227. The first-order chi connectivity index (χ1) is 10.3. The summed E-state index contributed by atoms with van der Waals surface area (Å²) in [7, 11) is 0. The molecule has 0 bridgehead atoms. The largest absolute Gasteiger partial charge is 0.444 e. The normalized spacial score (nSPS) is 16.6. The van der Waals surface area contributed by atoms with Crippen molar-refractivity contribution in [3.63, 3.8) is 0 Å². The monoisotopic (exact) mass is 326 g/mol. The third-order valence-electron chi connectivity index (χ3n) is 3.41. The van der Waals surface area contributed by atoms with Crippen molar-refractivity contribution >= 4 is 17.7 Å². The summed E-state index contributed by atoms with van der Waals surface area (Å²) in [6.07, 6.45) is 1.58. The van der Waals surface area contributed by atoms with Crippen LogP contribution in [-0.2, 0) is 11.3 Å². The fourth-order valence-corrected chi connectivity index (χ4v) is 2.38. The molecule has 22 heavy (non-hydrogen) atoms. The minimum atomic E-state index is -0.445. The van der Waals surface area contributed by atoms with Gasteiger partial charge in [-0.15, -0.1) is 5.10 Å². The molecular weight excluding hydrogens is 304 g/mol. The maximum Gasteiger partial charge on any atom is 0.410 e. The van der Waals surface area contributed by atoms with Crippen LogP contribution >= 0.6 is 11.6 Å². The van der Waals surface area contributed by atoms with Crippen molar-refractivity contribution in [2.45, 2.75) is 51.8 Å². The first-order valence-corrected chi connectivity index (χ1v) is 7.91. The molecule has 1 amide bonds. The second kappa shape index (κ2) is 7.24. The van der Waals surface area contributed by atoms with E-state index in [2.05, 4.69) is 15.5 Å². The molecule has 0 radical (unpaired) electrons. The summed E-state index contributed by atoms with van der Waals surface area (Å²) in [5, 5.41) is 11.7. The third-order valence-corrected chi connectivity index (χ3v) is 3.61. The molecule has 6 nitrogen and oxygen atoms in total. The maximum absolute atomic E-state index is 12.0. The zero-order chi connectivity index (χ0) is 16.2. The van der Waals surface area contributed by atoms with Crippen LogP contribution in [0.1, 0.15) is 39.3 Å². The van der Waals surface area contributed by atoms with Gasteiger partial charge in [-0.1, -0.05) is 11.6 Å². The summed E-state index contributed by atoms with van der Waals surface area (Å²) in [6.45, 7) is 7.71. The van der Waals surface area contributed by atoms with E-state index in [1.54, 1.807) is 11.0 Å². The molecule has 2 heterocycles. The van der Waals surface area contributed by atoms with Crippen LogP contribution in [0.25, 0.3) is 0 Å². The number of nitrogens with one attached hydrogen (secondary N) is 1. The molecule has 0 unspecified atom stereocenters. The molecule has 1 aliphatic rings. The van der Waals surface area contributed by atoms with Gasteiger partial charge >= 0.3 is 6.09 Å². The third kappa shape index (κ3) is 5.42. The van der Waals surface area contributed by atoms with Crippen LogP contribution in [0.2, 0.25) is 5.15 Å². The predicted octanol–water partition coefficient (Wildman–Crippen LogP) is 2.62. The Morgan fingerprint density at radius 2 is 2.05 bits per heavy atom. The topological polar surface area (TPSA) is 67.3 Å². The smallest absolute Gasteiger partial charge is 0.410 e. The molecule has 0 atom stereocenters. The summed E-state index contributed by atoms with van der Waals surface area (Å²) in [4.78, 5) is 13.8. The lowest BCUT2D eigenvalue weighted by atomic mass is 10.1. The van der Waals surface area contributed by atoms with E-state index in [1.807, 2.05) is 26.8 Å². The number of hydrogen-bond acceptors (Lipinski definition) is 5. The Morgan fingerprint density at radius 3 is 2.59 bits per heavy atom. The van der Waals surface area contributed by atoms with Crippen LogP contribution in [0.15, 0.2) is 12.1 Å². The Kier molecular flexibility index (Phi) is 5.58. The van der Waals surface area contributed by atoms with Crippen molar-refractivity contribution < 1.29 is 9.53 Å². The average Bonchev–Trinajstić information content (AvgIpc) is 2.45. The highest BCUT2D eigenvalue weighted by Crippen LogP contribution is 2.15. The Bertz CT molecular complexity index is 493. The lowest BCUT2D eigenvalue weighted by molar-refractivity contribution is 0.0198. The van der Waals surface area contributed by atoms with Gasteiger partial charge in [0.05, 0.1) is 5.69 Å². The number of carbonyl (C=O) groups excluding carboxylic acids is 1. The van der Waals surface area contributed by atoms with Gasteiger partial charge in [0, 0.05) is 25.7 Å². The Hall–Kier alpha value is -1.40. The van der Waals surface area contributed by atoms with Gasteiger partial charge < -0.3 is 15.0 Å². The van der Waals surface area contributed by atoms with E-state index < -0.39 is 5.60 Å². The van der Waals surface area contributed by atoms with Crippen LogP contribution in [0, 0.1) is 0 Å². The van der Waals surface area contributed by atoms with Gasteiger partial charge in [0.1, 0.15) is 5.60 Å². The van der Waals surface area contributed by atoms with E-state index in [0.29, 0.717) is 30.8 Å². The number of nitrogens with zero attached hydrogens (tertiary/aromatic N) is 3. The summed E-state index contributed by atoms with van der Waals surface area (Å²) >= 11 is 5.71. The molecule has 1 fully saturated rings. The molecule has 122 valence electrons. The molecule has 2 rings (SSSR count). The van der Waals surface area contributed by atoms with Crippen molar-refractivity contribution in [1.82, 2.24) is 20.4 Å². The number of carbonyl (C=O) groups is 1. The van der Waals surface area contributed by atoms with Crippen molar-refractivity contribution in [1.29, 1.82) is 0 Å². The van der Waals surface area contributed by atoms with Crippen LogP contribution in [0.4, 0.5) is 4.79 Å². The summed E-state index contributed by atoms with van der Waals surface area (Å²) < 4.78 is 5.39. The number of piperidine rings is 1. The number of hydrogen-bond donors (Lipinski definition) is 1. The number of likely N-dealkylation sites (tertiary alicyclic amines) is 1. The summed E-state index contributed by atoms with van der Waals surface area (Å²) in [5.74, 6) is 0. The Labute approximate surface area is 136 Å². The van der Waals surface area contributed by atoms with Crippen LogP contribution in [0.5, 0.6) is 0 Å². The minimum Gasteiger partial charge on any atom is -0.444 e. The van der Waals surface area contributed by atoms with Crippen molar-refractivity contribution in [2.75, 3.05) is 13.1 Å². The lowest BCUT2D eigenvalue weighted by Crippen LogP contribution is -2.46. The zero-order valence-electron chi connectivity index (χ0n) is 13.3. The van der Waals surface area contributed by atoms with E-state index in [1.165, 1.54) is 0 Å². The lowest BCUT2D eigenvalue weighted by Gasteiger charge is -2.33. The van der Waals surface area contributed by atoms with E-state index in [-0.39, 0.29) is 6.09 Å². The highest BCUT2D eigenvalue weighted by atomic mass is 35.5. The molecule has 0 spiro atoms. The zero-order valence-corrected chi connectivity index (χ0v) is 14.1. The first kappa shape index (κ1) is 17.0. The van der Waals surface area contributed by atoms with Gasteiger partial charge in [0.25, 0.3) is 0 Å². The standard InChI is InChI=1S/C15H23ClN4O2/c1-15(2,3)22-14(21)20-8-6-11(7-9-20)17-10-12-4-5-13(16)19-18-12/h4-5,11,17H,6-10H2,1-3H3. The number of aromatic nitrogens is 2. The molecular formula is C15H23ClN4O2. The average molecular weight is 327 g/mol. The second-order valence-corrected chi connectivity index (χ2v) is 6.86. The molecule has 1 saturated heterocycles. The molecule has 1 N–H and O–H groups in total. The number of halogens is 1. The molecule has 1 aliphatic heterocycles. The highest BCUT2D eigenvalue weighted by molar-refractivity contribution is 6.29. The Balaban J connectivity index is 1.73. The van der Waals surface area contributed by atoms with Gasteiger partial charge in [-0.25, -0.2) is 4.79 Å². The first-order valence-electron chi connectivity index (χ1n) is 7.53. The van der Waals surface area contributed by atoms with E-state index in [4.69, 9.17) is 16.3 Å². The van der Waals surface area contributed by atoms with Crippen molar-refractivity contribution in [3.8, 4) is 0 Å². The van der Waals surface area contributed by atoms with Crippen molar-refractivity contribution in [2.24, 2.45) is 0 Å². The summed E-state index contributed by atoms with van der Waals surface area (Å²) in [6, 6.07) is 3.96. The molecule has 0 aliphatic carbocycles. The number of rotatable bonds is 3. The number of amides is 1. The van der Waals surface area contributed by atoms with E-state index in [0.717, 1.165) is 18.5 Å². The molecule has 1 aromatic heterocycles. The van der Waals surface area contributed by atoms with Crippen LogP contribution < -0.4 is 5.32 Å². The molecule has 1 aromatic rings. The van der Waals surface area contributed by atoms with Gasteiger partial charge in [-0.2, -0.15) is 5.10 Å². The molecule has 0 aromatic carbocycles. The van der Waals surface area contributed by atoms with Crippen LogP contribution in [-0.4, -0.2) is 45.9 Å². The van der Waals surface area contributed by atoms with Gasteiger partial charge in [0.2, 0.25) is 0 Å². The fraction of sp³-hybridized carbons (Fsp3) is 0.667. The van der Waals surface area contributed by atoms with Gasteiger partial charge in [-0.05, 0) is 45.7 Å².